The van der Waals surface area contributed by atoms with E-state index in [1.54, 1.807) is 4.57 Å². The highest BCUT2D eigenvalue weighted by Crippen LogP contribution is 2.30. The molecule has 1 atom stereocenters. The molecule has 0 bridgehead atoms. The molecule has 4 rings (SSSR count). The van der Waals surface area contributed by atoms with Crippen LogP contribution in [0.15, 0.2) is 78.0 Å². The van der Waals surface area contributed by atoms with Gasteiger partial charge in [0, 0.05) is 35.1 Å². The number of hydrogen-bond donors (Lipinski definition) is 2. The largest absolute Gasteiger partial charge is 0.503 e. The van der Waals surface area contributed by atoms with Gasteiger partial charge in [-0.25, -0.2) is 0 Å². The van der Waals surface area contributed by atoms with Crippen molar-refractivity contribution < 1.29 is 10.2 Å². The molecular weight excluding hydrogens is 364 g/mol. The van der Waals surface area contributed by atoms with Gasteiger partial charge in [-0.3, -0.25) is 9.78 Å². The first-order valence-electron chi connectivity index (χ1n) is 9.53. The Morgan fingerprint density at radius 2 is 1.79 bits per heavy atom. The molecule has 2 heterocycles. The van der Waals surface area contributed by atoms with Crippen LogP contribution < -0.4 is 5.43 Å². The SMILES string of the molecule is CC(C)C(O)c1cc(=O)c(O)cn1-c1cccc(-c2cncc3ccccc23)c1. The Bertz CT molecular complexity index is 1240. The molecule has 5 heteroatoms. The summed E-state index contributed by atoms with van der Waals surface area (Å²) in [4.78, 5) is 16.4. The van der Waals surface area contributed by atoms with Gasteiger partial charge in [-0.15, -0.1) is 0 Å². The molecule has 0 spiro atoms. The summed E-state index contributed by atoms with van der Waals surface area (Å²) in [5.74, 6) is -0.447. The summed E-state index contributed by atoms with van der Waals surface area (Å²) in [5.41, 5.74) is 2.61. The molecule has 4 aromatic rings. The Kier molecular flexibility index (Phi) is 4.91. The van der Waals surface area contributed by atoms with Gasteiger partial charge in [0.2, 0.25) is 5.43 Å². The van der Waals surface area contributed by atoms with Crippen LogP contribution in [0.25, 0.3) is 27.6 Å². The quantitative estimate of drug-likeness (QED) is 0.543. The highest BCUT2D eigenvalue weighted by Gasteiger charge is 2.19. The van der Waals surface area contributed by atoms with Crippen LogP contribution in [-0.2, 0) is 0 Å². The van der Waals surface area contributed by atoms with Crippen molar-refractivity contribution in [3.8, 4) is 22.6 Å². The third kappa shape index (κ3) is 3.52. The lowest BCUT2D eigenvalue weighted by Crippen LogP contribution is -2.17. The molecular formula is C24H22N2O3. The zero-order valence-corrected chi connectivity index (χ0v) is 16.3. The van der Waals surface area contributed by atoms with Crippen molar-refractivity contribution in [2.24, 2.45) is 5.92 Å². The highest BCUT2D eigenvalue weighted by molar-refractivity contribution is 5.95. The number of aromatic hydroxyl groups is 1. The van der Waals surface area contributed by atoms with Crippen molar-refractivity contribution in [2.75, 3.05) is 0 Å². The average molecular weight is 386 g/mol. The minimum Gasteiger partial charge on any atom is -0.503 e. The van der Waals surface area contributed by atoms with E-state index < -0.39 is 11.5 Å². The summed E-state index contributed by atoms with van der Waals surface area (Å²) < 4.78 is 1.67. The summed E-state index contributed by atoms with van der Waals surface area (Å²) in [7, 11) is 0. The maximum absolute atomic E-state index is 12.0. The molecule has 0 amide bonds. The van der Waals surface area contributed by atoms with Crippen LogP contribution in [0.5, 0.6) is 5.75 Å². The highest BCUT2D eigenvalue weighted by atomic mass is 16.3. The zero-order valence-electron chi connectivity index (χ0n) is 16.3. The normalized spacial score (nSPS) is 12.4. The van der Waals surface area contributed by atoms with E-state index in [1.807, 2.05) is 68.7 Å². The number of aliphatic hydroxyl groups excluding tert-OH is 1. The molecule has 0 saturated heterocycles. The summed E-state index contributed by atoms with van der Waals surface area (Å²) in [6, 6.07) is 17.1. The molecule has 2 N–H and O–H groups in total. The molecule has 0 fully saturated rings. The number of hydrogen-bond acceptors (Lipinski definition) is 4. The second-order valence-corrected chi connectivity index (χ2v) is 7.47. The van der Waals surface area contributed by atoms with Crippen molar-refractivity contribution in [3.05, 3.63) is 89.1 Å². The molecule has 2 aromatic carbocycles. The molecule has 5 nitrogen and oxygen atoms in total. The van der Waals surface area contributed by atoms with E-state index in [2.05, 4.69) is 11.1 Å². The lowest BCUT2D eigenvalue weighted by atomic mass is 10.00. The maximum atomic E-state index is 12.0. The number of benzene rings is 2. The van der Waals surface area contributed by atoms with E-state index in [-0.39, 0.29) is 11.7 Å². The van der Waals surface area contributed by atoms with E-state index in [0.29, 0.717) is 5.69 Å². The minimum absolute atomic E-state index is 0.0874. The van der Waals surface area contributed by atoms with Crippen LogP contribution in [0.4, 0.5) is 0 Å². The van der Waals surface area contributed by atoms with Gasteiger partial charge < -0.3 is 14.8 Å². The van der Waals surface area contributed by atoms with E-state index in [9.17, 15) is 15.0 Å². The lowest BCUT2D eigenvalue weighted by molar-refractivity contribution is 0.120. The van der Waals surface area contributed by atoms with Gasteiger partial charge in [-0.2, -0.15) is 0 Å². The molecule has 0 aliphatic carbocycles. The smallest absolute Gasteiger partial charge is 0.223 e. The molecule has 29 heavy (non-hydrogen) atoms. The van der Waals surface area contributed by atoms with Gasteiger partial charge in [0.15, 0.2) is 5.75 Å². The summed E-state index contributed by atoms with van der Waals surface area (Å²) in [5, 5.41) is 22.8. The summed E-state index contributed by atoms with van der Waals surface area (Å²) >= 11 is 0. The van der Waals surface area contributed by atoms with Crippen molar-refractivity contribution in [1.29, 1.82) is 0 Å². The third-order valence-electron chi connectivity index (χ3n) is 5.10. The summed E-state index contributed by atoms with van der Waals surface area (Å²) in [6.07, 6.45) is 4.18. The average Bonchev–Trinajstić information content (AvgIpc) is 2.74. The zero-order chi connectivity index (χ0) is 20.5. The number of aliphatic hydroxyl groups is 1. The molecule has 0 saturated carbocycles. The number of fused-ring (bicyclic) bond motifs is 1. The fraction of sp³-hybridized carbons (Fsp3) is 0.167. The van der Waals surface area contributed by atoms with Gasteiger partial charge in [-0.05, 0) is 29.0 Å². The first-order chi connectivity index (χ1) is 14.0. The van der Waals surface area contributed by atoms with Crippen molar-refractivity contribution >= 4 is 10.8 Å². The maximum Gasteiger partial charge on any atom is 0.223 e. The van der Waals surface area contributed by atoms with Crippen LogP contribution in [0.1, 0.15) is 25.6 Å². The van der Waals surface area contributed by atoms with Crippen LogP contribution in [0, 0.1) is 5.92 Å². The van der Waals surface area contributed by atoms with E-state index in [0.717, 1.165) is 27.6 Å². The molecule has 146 valence electrons. The van der Waals surface area contributed by atoms with Crippen molar-refractivity contribution in [3.63, 3.8) is 0 Å². The first-order valence-corrected chi connectivity index (χ1v) is 9.53. The third-order valence-corrected chi connectivity index (χ3v) is 5.10. The van der Waals surface area contributed by atoms with Crippen molar-refractivity contribution in [2.45, 2.75) is 20.0 Å². The van der Waals surface area contributed by atoms with Crippen LogP contribution in [-0.4, -0.2) is 19.8 Å². The van der Waals surface area contributed by atoms with Crippen LogP contribution in [0.3, 0.4) is 0 Å². The first kappa shape index (κ1) is 18.9. The fourth-order valence-electron chi connectivity index (χ4n) is 3.50. The minimum atomic E-state index is -0.842. The van der Waals surface area contributed by atoms with Gasteiger partial charge >= 0.3 is 0 Å². The number of aromatic nitrogens is 2. The Balaban J connectivity index is 1.91. The Labute approximate surface area is 168 Å². The molecule has 0 aliphatic heterocycles. The standard InChI is InChI=1S/C24H22N2O3/c1-15(2)24(29)21-11-22(27)23(28)14-26(21)18-8-5-7-16(10-18)20-13-25-12-17-6-3-4-9-19(17)20/h3-15,24,28-29H,1-2H3. The molecule has 1 unspecified atom stereocenters. The number of rotatable bonds is 4. The Hall–Kier alpha value is -3.44. The van der Waals surface area contributed by atoms with Crippen LogP contribution in [0.2, 0.25) is 0 Å². The lowest BCUT2D eigenvalue weighted by Gasteiger charge is -2.21. The molecule has 0 aliphatic rings. The second kappa shape index (κ2) is 7.53. The number of pyridine rings is 2. The fourth-order valence-corrected chi connectivity index (χ4v) is 3.50. The van der Waals surface area contributed by atoms with Crippen LogP contribution >= 0.6 is 0 Å². The predicted octanol–water partition coefficient (Wildman–Crippen LogP) is 4.45. The van der Waals surface area contributed by atoms with Gasteiger partial charge in [0.05, 0.1) is 18.0 Å². The van der Waals surface area contributed by atoms with E-state index >= 15 is 0 Å². The van der Waals surface area contributed by atoms with Gasteiger partial charge in [-0.1, -0.05) is 50.2 Å². The predicted molar refractivity (Wildman–Crippen MR) is 114 cm³/mol. The molecule has 2 aromatic heterocycles. The Morgan fingerprint density at radius 3 is 2.59 bits per heavy atom. The van der Waals surface area contributed by atoms with Gasteiger partial charge in [0.25, 0.3) is 0 Å². The topological polar surface area (TPSA) is 75.3 Å². The second-order valence-electron chi connectivity index (χ2n) is 7.47. The van der Waals surface area contributed by atoms with Crippen molar-refractivity contribution in [1.82, 2.24) is 9.55 Å². The van der Waals surface area contributed by atoms with E-state index in [1.165, 1.54) is 12.3 Å². The summed E-state index contributed by atoms with van der Waals surface area (Å²) in [6.45, 7) is 3.76. The molecule has 0 radical (unpaired) electrons. The Morgan fingerprint density at radius 1 is 1.00 bits per heavy atom. The van der Waals surface area contributed by atoms with E-state index in [4.69, 9.17) is 0 Å². The monoisotopic (exact) mass is 386 g/mol. The van der Waals surface area contributed by atoms with Gasteiger partial charge in [0.1, 0.15) is 0 Å². The number of nitrogens with zero attached hydrogens (tertiary/aromatic N) is 2.